The highest BCUT2D eigenvalue weighted by atomic mass is 16.3. The van der Waals surface area contributed by atoms with Crippen molar-refractivity contribution in [2.24, 2.45) is 0 Å². The molecule has 0 bridgehead atoms. The van der Waals surface area contributed by atoms with Gasteiger partial charge in [0.2, 0.25) is 0 Å². The lowest BCUT2D eigenvalue weighted by Gasteiger charge is -2.35. The third kappa shape index (κ3) is 4.33. The average molecular weight is 402 g/mol. The average Bonchev–Trinajstić information content (AvgIpc) is 2.77. The molecule has 154 valence electrons. The van der Waals surface area contributed by atoms with Gasteiger partial charge in [-0.05, 0) is 67.6 Å². The highest BCUT2D eigenvalue weighted by Gasteiger charge is 2.28. The highest BCUT2D eigenvalue weighted by molar-refractivity contribution is 5.90. The van der Waals surface area contributed by atoms with Crippen molar-refractivity contribution in [2.45, 2.75) is 32.2 Å². The fourth-order valence-corrected chi connectivity index (χ4v) is 4.04. The molecule has 4 rings (SSSR count). The first-order valence-electron chi connectivity index (χ1n) is 10.3. The number of benzene rings is 2. The van der Waals surface area contributed by atoms with E-state index in [9.17, 15) is 9.90 Å². The van der Waals surface area contributed by atoms with E-state index in [1.54, 1.807) is 11.1 Å². The number of fused-ring (bicyclic) bond motifs is 1. The van der Waals surface area contributed by atoms with Crippen LogP contribution < -0.4 is 5.32 Å². The van der Waals surface area contributed by atoms with Crippen molar-refractivity contribution >= 4 is 11.7 Å². The quantitative estimate of drug-likeness (QED) is 0.665. The molecule has 0 saturated heterocycles. The Kier molecular flexibility index (Phi) is 6.05. The first-order valence-corrected chi connectivity index (χ1v) is 10.3. The van der Waals surface area contributed by atoms with Crippen LogP contribution in [-0.2, 0) is 6.42 Å². The van der Waals surface area contributed by atoms with Crippen molar-refractivity contribution in [2.75, 3.05) is 18.5 Å². The molecular weight excluding hydrogens is 376 g/mol. The zero-order chi connectivity index (χ0) is 20.9. The number of carbonyl (C=O) groups is 1. The van der Waals surface area contributed by atoms with Gasteiger partial charge in [-0.3, -0.25) is 0 Å². The zero-order valence-electron chi connectivity index (χ0n) is 17.1. The second kappa shape index (κ2) is 9.05. The van der Waals surface area contributed by atoms with Gasteiger partial charge < -0.3 is 15.3 Å². The molecule has 1 atom stereocenters. The van der Waals surface area contributed by atoms with Crippen molar-refractivity contribution in [1.29, 1.82) is 0 Å². The lowest BCUT2D eigenvalue weighted by molar-refractivity contribution is 0.155. The topological polar surface area (TPSA) is 78.4 Å². The minimum absolute atomic E-state index is 0.0259. The van der Waals surface area contributed by atoms with Crippen molar-refractivity contribution in [1.82, 2.24) is 14.9 Å². The molecule has 0 aliphatic heterocycles. The number of anilines is 1. The second-order valence-corrected chi connectivity index (χ2v) is 7.55. The summed E-state index contributed by atoms with van der Waals surface area (Å²) in [5.41, 5.74) is 4.96. The molecule has 3 aromatic rings. The molecule has 2 aromatic carbocycles. The van der Waals surface area contributed by atoms with Crippen LogP contribution in [0.3, 0.4) is 0 Å². The lowest BCUT2D eigenvalue weighted by atomic mass is 9.87. The summed E-state index contributed by atoms with van der Waals surface area (Å²) in [7, 11) is 0. The molecule has 30 heavy (non-hydrogen) atoms. The van der Waals surface area contributed by atoms with Gasteiger partial charge in [0.15, 0.2) is 5.82 Å². The molecule has 0 unspecified atom stereocenters. The Morgan fingerprint density at radius 1 is 1.17 bits per heavy atom. The molecule has 0 saturated carbocycles. The fraction of sp³-hybridized carbons (Fsp3) is 0.292. The van der Waals surface area contributed by atoms with Gasteiger partial charge in [-0.2, -0.15) is 0 Å². The van der Waals surface area contributed by atoms with Crippen LogP contribution in [0.2, 0.25) is 0 Å². The first-order chi connectivity index (χ1) is 14.7. The molecule has 0 radical (unpaired) electrons. The van der Waals surface area contributed by atoms with E-state index < -0.39 is 0 Å². The number of carbonyl (C=O) groups excluding carboxylic acids is 1. The highest BCUT2D eigenvalue weighted by Crippen LogP contribution is 2.34. The van der Waals surface area contributed by atoms with Crippen LogP contribution in [0.15, 0.2) is 60.8 Å². The first kappa shape index (κ1) is 20.0. The minimum atomic E-state index is -0.203. The maximum atomic E-state index is 13.1. The molecule has 1 heterocycles. The van der Waals surface area contributed by atoms with Crippen molar-refractivity contribution in [3.05, 3.63) is 77.6 Å². The molecule has 6 heteroatoms. The Labute approximate surface area is 176 Å². The van der Waals surface area contributed by atoms with E-state index in [4.69, 9.17) is 0 Å². The normalized spacial score (nSPS) is 15.3. The maximum Gasteiger partial charge on any atom is 0.322 e. The summed E-state index contributed by atoms with van der Waals surface area (Å²) in [6.07, 6.45) is 4.70. The van der Waals surface area contributed by atoms with Gasteiger partial charge in [0.1, 0.15) is 0 Å². The van der Waals surface area contributed by atoms with Gasteiger partial charge in [0.05, 0.1) is 12.6 Å². The Balaban J connectivity index is 1.51. The summed E-state index contributed by atoms with van der Waals surface area (Å²) in [4.78, 5) is 23.6. The smallest absolute Gasteiger partial charge is 0.322 e. The molecule has 2 amide bonds. The number of urea groups is 1. The molecule has 2 N–H and O–H groups in total. The van der Waals surface area contributed by atoms with E-state index >= 15 is 0 Å². The van der Waals surface area contributed by atoms with E-state index in [0.717, 1.165) is 30.5 Å². The van der Waals surface area contributed by atoms with Crippen molar-refractivity contribution < 1.29 is 9.90 Å². The van der Waals surface area contributed by atoms with Gasteiger partial charge in [-0.1, -0.05) is 24.3 Å². The predicted molar refractivity (Wildman–Crippen MR) is 117 cm³/mol. The predicted octanol–water partition coefficient (Wildman–Crippen LogP) is 4.36. The van der Waals surface area contributed by atoms with E-state index in [2.05, 4.69) is 27.4 Å². The number of hydrogen-bond donors (Lipinski definition) is 2. The van der Waals surface area contributed by atoms with Crippen molar-refractivity contribution in [3.63, 3.8) is 0 Å². The summed E-state index contributed by atoms with van der Waals surface area (Å²) >= 11 is 0. The van der Waals surface area contributed by atoms with Gasteiger partial charge in [0, 0.05) is 29.7 Å². The molecule has 1 aromatic heterocycles. The molecule has 1 aliphatic rings. The van der Waals surface area contributed by atoms with Crippen LogP contribution >= 0.6 is 0 Å². The van der Waals surface area contributed by atoms with Crippen LogP contribution in [0.5, 0.6) is 0 Å². The summed E-state index contributed by atoms with van der Waals surface area (Å²) in [6.45, 7) is 2.15. The summed E-state index contributed by atoms with van der Waals surface area (Å²) in [6, 6.07) is 17.4. The van der Waals surface area contributed by atoms with Gasteiger partial charge in [-0.25, -0.2) is 14.8 Å². The van der Waals surface area contributed by atoms with Crippen molar-refractivity contribution in [3.8, 4) is 11.4 Å². The largest absolute Gasteiger partial charge is 0.395 e. The lowest BCUT2D eigenvalue weighted by Crippen LogP contribution is -2.41. The number of aryl methyl sites for hydroxylation is 2. The van der Waals surface area contributed by atoms with E-state index in [1.165, 1.54) is 11.1 Å². The molecule has 6 nitrogen and oxygen atoms in total. The number of nitrogens with one attached hydrogen (secondary N) is 1. The van der Waals surface area contributed by atoms with Crippen LogP contribution in [-0.4, -0.2) is 39.2 Å². The Morgan fingerprint density at radius 3 is 2.73 bits per heavy atom. The molecule has 0 fully saturated rings. The number of aliphatic hydroxyl groups excluding tert-OH is 1. The van der Waals surface area contributed by atoms with E-state index in [0.29, 0.717) is 18.1 Å². The molecule has 1 aliphatic carbocycles. The zero-order valence-corrected chi connectivity index (χ0v) is 17.1. The molecule has 0 spiro atoms. The number of amides is 2. The Hall–Kier alpha value is -3.25. The summed E-state index contributed by atoms with van der Waals surface area (Å²) in [5, 5.41) is 12.6. The van der Waals surface area contributed by atoms with Crippen LogP contribution in [0, 0.1) is 6.92 Å². The fourth-order valence-electron chi connectivity index (χ4n) is 4.04. The Morgan fingerprint density at radius 2 is 1.97 bits per heavy atom. The maximum absolute atomic E-state index is 13.1. The van der Waals surface area contributed by atoms with Crippen LogP contribution in [0.25, 0.3) is 11.4 Å². The number of rotatable bonds is 5. The van der Waals surface area contributed by atoms with Gasteiger partial charge >= 0.3 is 6.03 Å². The summed E-state index contributed by atoms with van der Waals surface area (Å²) in [5.74, 6) is 0.661. The minimum Gasteiger partial charge on any atom is -0.395 e. The third-order valence-electron chi connectivity index (χ3n) is 5.50. The van der Waals surface area contributed by atoms with Crippen LogP contribution in [0.1, 0.15) is 35.7 Å². The van der Waals surface area contributed by atoms with Gasteiger partial charge in [-0.15, -0.1) is 0 Å². The number of aliphatic hydroxyl groups is 1. The van der Waals surface area contributed by atoms with E-state index in [-0.39, 0.29) is 18.7 Å². The number of aromatic nitrogens is 2. The monoisotopic (exact) mass is 402 g/mol. The van der Waals surface area contributed by atoms with Crippen LogP contribution in [0.4, 0.5) is 10.5 Å². The standard InChI is InChI=1S/C24H26N4O2/c1-17-13-14-25-23(26-17)19-9-11-20(12-10-19)27-24(30)28(15-16-29)22-8-4-6-18-5-2-3-7-21(18)22/h2-3,5,7,9-14,22,29H,4,6,8,15-16H2,1H3,(H,27,30)/t22-/m0/s1. The third-order valence-corrected chi connectivity index (χ3v) is 5.50. The van der Waals surface area contributed by atoms with E-state index in [1.807, 2.05) is 49.4 Å². The second-order valence-electron chi connectivity index (χ2n) is 7.55. The molecular formula is C24H26N4O2. The summed E-state index contributed by atoms with van der Waals surface area (Å²) < 4.78 is 0. The Bertz CT molecular complexity index is 1020. The number of nitrogens with zero attached hydrogens (tertiary/aromatic N) is 3. The number of hydrogen-bond acceptors (Lipinski definition) is 4. The SMILES string of the molecule is Cc1ccnc(-c2ccc(NC(=O)N(CCO)[C@H]3CCCc4ccccc43)cc2)n1. The van der Waals surface area contributed by atoms with Gasteiger partial charge in [0.25, 0.3) is 0 Å².